The van der Waals surface area contributed by atoms with Gasteiger partial charge in [0.05, 0.1) is 11.5 Å². The van der Waals surface area contributed by atoms with Crippen LogP contribution in [0.4, 0.5) is 11.4 Å². The summed E-state index contributed by atoms with van der Waals surface area (Å²) in [5.41, 5.74) is 0.898. The second kappa shape index (κ2) is 7.38. The fourth-order valence-corrected chi connectivity index (χ4v) is 3.48. The Hall–Kier alpha value is -1.43. The van der Waals surface area contributed by atoms with Gasteiger partial charge in [0.2, 0.25) is 0 Å². The quantitative estimate of drug-likeness (QED) is 0.640. The number of hydrogen-bond donors (Lipinski definition) is 1. The van der Waals surface area contributed by atoms with Gasteiger partial charge in [0.25, 0.3) is 0 Å². The second-order valence-corrected chi connectivity index (χ2v) is 6.15. The Morgan fingerprint density at radius 3 is 3.00 bits per heavy atom. The highest BCUT2D eigenvalue weighted by Gasteiger charge is 2.17. The van der Waals surface area contributed by atoms with Crippen molar-refractivity contribution in [1.82, 2.24) is 0 Å². The number of anilines is 1. The van der Waals surface area contributed by atoms with E-state index in [-0.39, 0.29) is 5.69 Å². The van der Waals surface area contributed by atoms with Crippen LogP contribution in [0.25, 0.3) is 0 Å². The molecule has 1 aliphatic rings. The first kappa shape index (κ1) is 15.0. The lowest BCUT2D eigenvalue weighted by Gasteiger charge is -2.22. The minimum Gasteiger partial charge on any atom is -0.487 e. The predicted octanol–water partition coefficient (Wildman–Crippen LogP) is 3.69. The lowest BCUT2D eigenvalue weighted by atomic mass is 10.2. The highest BCUT2D eigenvalue weighted by Crippen LogP contribution is 2.31. The molecule has 110 valence electrons. The Kier molecular flexibility index (Phi) is 5.52. The SMILES string of the molecule is CCOc1cc(NCC2CCCCS2)ccc1[N+](=O)[O-]. The van der Waals surface area contributed by atoms with Gasteiger partial charge in [-0.2, -0.15) is 11.8 Å². The van der Waals surface area contributed by atoms with Crippen LogP contribution in [0.5, 0.6) is 5.75 Å². The Morgan fingerprint density at radius 1 is 1.50 bits per heavy atom. The zero-order chi connectivity index (χ0) is 14.4. The summed E-state index contributed by atoms with van der Waals surface area (Å²) in [6.45, 7) is 3.14. The average molecular weight is 296 g/mol. The van der Waals surface area contributed by atoms with Gasteiger partial charge in [-0.3, -0.25) is 10.1 Å². The van der Waals surface area contributed by atoms with Gasteiger partial charge in [-0.25, -0.2) is 0 Å². The van der Waals surface area contributed by atoms with E-state index in [1.165, 1.54) is 31.1 Å². The van der Waals surface area contributed by atoms with Crippen molar-refractivity contribution < 1.29 is 9.66 Å². The molecule has 0 spiro atoms. The van der Waals surface area contributed by atoms with Crippen LogP contribution in [0.3, 0.4) is 0 Å². The number of thioether (sulfide) groups is 1. The van der Waals surface area contributed by atoms with Crippen LogP contribution in [-0.2, 0) is 0 Å². The minimum atomic E-state index is -0.411. The van der Waals surface area contributed by atoms with Crippen LogP contribution in [0.1, 0.15) is 26.2 Å². The number of nitro benzene ring substituents is 1. The van der Waals surface area contributed by atoms with Gasteiger partial charge in [0, 0.05) is 29.6 Å². The summed E-state index contributed by atoms with van der Waals surface area (Å²) in [7, 11) is 0. The first-order valence-corrected chi connectivity index (χ1v) is 8.02. The molecule has 1 aliphatic heterocycles. The van der Waals surface area contributed by atoms with Gasteiger partial charge in [-0.05, 0) is 31.6 Å². The summed E-state index contributed by atoms with van der Waals surface area (Å²) < 4.78 is 5.34. The van der Waals surface area contributed by atoms with Crippen molar-refractivity contribution in [3.63, 3.8) is 0 Å². The van der Waals surface area contributed by atoms with Crippen LogP contribution in [0.2, 0.25) is 0 Å². The van der Waals surface area contributed by atoms with Crippen molar-refractivity contribution >= 4 is 23.1 Å². The average Bonchev–Trinajstić information content (AvgIpc) is 2.46. The molecule has 1 aromatic rings. The number of rotatable bonds is 6. The van der Waals surface area contributed by atoms with Crippen molar-refractivity contribution in [3.8, 4) is 5.75 Å². The standard InChI is InChI=1S/C14H20N2O3S/c1-2-19-14-9-11(6-7-13(14)16(17)18)15-10-12-5-3-4-8-20-12/h6-7,9,12,15H,2-5,8,10H2,1H3. The number of hydrogen-bond acceptors (Lipinski definition) is 5. The molecule has 20 heavy (non-hydrogen) atoms. The second-order valence-electron chi connectivity index (χ2n) is 4.74. The molecule has 1 aromatic carbocycles. The molecule has 0 bridgehead atoms. The van der Waals surface area contributed by atoms with E-state index in [1.54, 1.807) is 12.1 Å². The Labute approximate surface area is 123 Å². The summed E-state index contributed by atoms with van der Waals surface area (Å²) in [6, 6.07) is 4.96. The molecule has 2 rings (SSSR count). The zero-order valence-corrected chi connectivity index (χ0v) is 12.4. The number of benzene rings is 1. The monoisotopic (exact) mass is 296 g/mol. The van der Waals surface area contributed by atoms with E-state index >= 15 is 0 Å². The van der Waals surface area contributed by atoms with E-state index in [0.29, 0.717) is 17.6 Å². The zero-order valence-electron chi connectivity index (χ0n) is 11.6. The maximum absolute atomic E-state index is 10.9. The number of nitrogens with one attached hydrogen (secondary N) is 1. The van der Waals surface area contributed by atoms with Crippen molar-refractivity contribution in [1.29, 1.82) is 0 Å². The van der Waals surface area contributed by atoms with Crippen LogP contribution in [-0.4, -0.2) is 29.1 Å². The third-order valence-corrected chi connectivity index (χ3v) is 4.66. The first-order valence-electron chi connectivity index (χ1n) is 6.97. The summed E-state index contributed by atoms with van der Waals surface area (Å²) in [5.74, 6) is 1.57. The summed E-state index contributed by atoms with van der Waals surface area (Å²) in [5, 5.41) is 14.9. The van der Waals surface area contributed by atoms with Crippen molar-refractivity contribution in [2.45, 2.75) is 31.4 Å². The molecule has 6 heteroatoms. The Morgan fingerprint density at radius 2 is 2.35 bits per heavy atom. The molecule has 1 saturated heterocycles. The third kappa shape index (κ3) is 4.03. The molecule has 1 unspecified atom stereocenters. The van der Waals surface area contributed by atoms with Crippen LogP contribution in [0.15, 0.2) is 18.2 Å². The summed E-state index contributed by atoms with van der Waals surface area (Å²) in [4.78, 5) is 10.5. The number of ether oxygens (including phenoxy) is 1. The molecule has 1 heterocycles. The molecule has 0 saturated carbocycles. The van der Waals surface area contributed by atoms with Crippen LogP contribution >= 0.6 is 11.8 Å². The van der Waals surface area contributed by atoms with Crippen molar-refractivity contribution in [2.24, 2.45) is 0 Å². The highest BCUT2D eigenvalue weighted by atomic mass is 32.2. The smallest absolute Gasteiger partial charge is 0.311 e. The number of nitro groups is 1. The molecule has 0 radical (unpaired) electrons. The van der Waals surface area contributed by atoms with Gasteiger partial charge in [0.1, 0.15) is 0 Å². The molecule has 0 amide bonds. The van der Waals surface area contributed by atoms with Gasteiger partial charge < -0.3 is 10.1 Å². The van der Waals surface area contributed by atoms with Crippen molar-refractivity contribution in [2.75, 3.05) is 24.2 Å². The molecule has 0 aliphatic carbocycles. The highest BCUT2D eigenvalue weighted by molar-refractivity contribution is 7.99. The normalized spacial score (nSPS) is 18.6. The Bertz CT molecular complexity index is 462. The van der Waals surface area contributed by atoms with E-state index in [0.717, 1.165) is 12.2 Å². The largest absolute Gasteiger partial charge is 0.487 e. The molecule has 1 fully saturated rings. The lowest BCUT2D eigenvalue weighted by molar-refractivity contribution is -0.385. The van der Waals surface area contributed by atoms with Crippen LogP contribution in [0, 0.1) is 10.1 Å². The minimum absolute atomic E-state index is 0.0180. The third-order valence-electron chi connectivity index (χ3n) is 3.26. The maximum Gasteiger partial charge on any atom is 0.311 e. The van der Waals surface area contributed by atoms with Gasteiger partial charge in [0.15, 0.2) is 5.75 Å². The van der Waals surface area contributed by atoms with Gasteiger partial charge >= 0.3 is 5.69 Å². The van der Waals surface area contributed by atoms with Gasteiger partial charge in [-0.15, -0.1) is 0 Å². The van der Waals surface area contributed by atoms with Crippen molar-refractivity contribution in [3.05, 3.63) is 28.3 Å². The van der Waals surface area contributed by atoms with Crippen LogP contribution < -0.4 is 10.1 Å². The fraction of sp³-hybridized carbons (Fsp3) is 0.571. The maximum atomic E-state index is 10.9. The van der Waals surface area contributed by atoms with E-state index < -0.39 is 4.92 Å². The van der Waals surface area contributed by atoms with E-state index in [2.05, 4.69) is 5.32 Å². The fourth-order valence-electron chi connectivity index (χ4n) is 2.25. The topological polar surface area (TPSA) is 64.4 Å². The van der Waals surface area contributed by atoms with Gasteiger partial charge in [-0.1, -0.05) is 6.42 Å². The molecule has 1 N–H and O–H groups in total. The summed E-state index contributed by atoms with van der Waals surface area (Å²) >= 11 is 2.00. The predicted molar refractivity (Wildman–Crippen MR) is 82.9 cm³/mol. The molecule has 0 aromatic heterocycles. The molecule has 5 nitrogen and oxygen atoms in total. The molecular formula is C14H20N2O3S. The lowest BCUT2D eigenvalue weighted by Crippen LogP contribution is -2.20. The van der Waals surface area contributed by atoms with E-state index in [1.807, 2.05) is 18.7 Å². The van der Waals surface area contributed by atoms with E-state index in [4.69, 9.17) is 4.74 Å². The molecular weight excluding hydrogens is 276 g/mol. The Balaban J connectivity index is 2.00. The molecule has 1 atom stereocenters. The summed E-state index contributed by atoms with van der Waals surface area (Å²) in [6.07, 6.45) is 3.85. The first-order chi connectivity index (χ1) is 9.70. The van der Waals surface area contributed by atoms with E-state index in [9.17, 15) is 10.1 Å². The number of nitrogens with zero attached hydrogens (tertiary/aromatic N) is 1.